The molecule has 0 aliphatic carbocycles. The SMILES string of the molecule is C[C@H](N)C/C=C/c1[nH]nc(N)c1Cl.Cl.Cl. The fourth-order valence-corrected chi connectivity index (χ4v) is 1.02. The summed E-state index contributed by atoms with van der Waals surface area (Å²) in [4.78, 5) is 0. The first-order valence-corrected chi connectivity index (χ1v) is 4.40. The Morgan fingerprint density at radius 3 is 2.53 bits per heavy atom. The molecule has 0 saturated heterocycles. The number of nitrogens with two attached hydrogens (primary N) is 2. The van der Waals surface area contributed by atoms with Gasteiger partial charge in [0, 0.05) is 6.04 Å². The Balaban J connectivity index is 0. The first-order chi connectivity index (χ1) is 6.11. The highest BCUT2D eigenvalue weighted by Gasteiger charge is 2.03. The van der Waals surface area contributed by atoms with Gasteiger partial charge >= 0.3 is 0 Å². The molecule has 0 saturated carbocycles. The van der Waals surface area contributed by atoms with E-state index in [4.69, 9.17) is 23.1 Å². The minimum Gasteiger partial charge on any atom is -0.381 e. The minimum absolute atomic E-state index is 0. The van der Waals surface area contributed by atoms with Crippen LogP contribution in [0.4, 0.5) is 5.82 Å². The molecule has 0 aliphatic rings. The molecule has 1 heterocycles. The van der Waals surface area contributed by atoms with E-state index in [9.17, 15) is 0 Å². The van der Waals surface area contributed by atoms with Crippen LogP contribution in [0.2, 0.25) is 5.02 Å². The normalized spacial score (nSPS) is 11.9. The van der Waals surface area contributed by atoms with Gasteiger partial charge in [0.05, 0.1) is 5.69 Å². The van der Waals surface area contributed by atoms with Gasteiger partial charge in [-0.3, -0.25) is 5.10 Å². The molecule has 1 aromatic heterocycles. The first-order valence-electron chi connectivity index (χ1n) is 4.02. The summed E-state index contributed by atoms with van der Waals surface area (Å²) in [6.07, 6.45) is 4.56. The highest BCUT2D eigenvalue weighted by Crippen LogP contribution is 2.20. The van der Waals surface area contributed by atoms with E-state index in [-0.39, 0.29) is 30.9 Å². The Morgan fingerprint density at radius 1 is 1.53 bits per heavy atom. The summed E-state index contributed by atoms with van der Waals surface area (Å²) >= 11 is 5.82. The summed E-state index contributed by atoms with van der Waals surface area (Å²) in [5.41, 5.74) is 11.7. The van der Waals surface area contributed by atoms with Crippen LogP contribution in [0.5, 0.6) is 0 Å². The van der Waals surface area contributed by atoms with Gasteiger partial charge in [0.25, 0.3) is 0 Å². The second-order valence-electron chi connectivity index (χ2n) is 2.95. The first kappa shape index (κ1) is 17.0. The van der Waals surface area contributed by atoms with Gasteiger partial charge in [-0.2, -0.15) is 5.10 Å². The number of hydrogen-bond donors (Lipinski definition) is 3. The zero-order valence-corrected chi connectivity index (χ0v) is 10.6. The molecule has 7 heteroatoms. The van der Waals surface area contributed by atoms with Gasteiger partial charge in [-0.25, -0.2) is 0 Å². The smallest absolute Gasteiger partial charge is 0.164 e. The van der Waals surface area contributed by atoms with Crippen molar-refractivity contribution in [2.24, 2.45) is 5.73 Å². The van der Waals surface area contributed by atoms with Crippen LogP contribution < -0.4 is 11.5 Å². The molecule has 0 aromatic carbocycles. The van der Waals surface area contributed by atoms with Crippen LogP contribution in [0.3, 0.4) is 0 Å². The summed E-state index contributed by atoms with van der Waals surface area (Å²) in [6.45, 7) is 1.94. The highest BCUT2D eigenvalue weighted by molar-refractivity contribution is 6.34. The molecule has 0 bridgehead atoms. The number of nitrogens with zero attached hydrogens (tertiary/aromatic N) is 1. The number of hydrogen-bond acceptors (Lipinski definition) is 3. The lowest BCUT2D eigenvalue weighted by Gasteiger charge is -1.96. The lowest BCUT2D eigenvalue weighted by atomic mass is 10.2. The van der Waals surface area contributed by atoms with Crippen molar-refractivity contribution in [3.05, 3.63) is 16.8 Å². The fourth-order valence-electron chi connectivity index (χ4n) is 0.868. The summed E-state index contributed by atoms with van der Waals surface area (Å²) in [6, 6.07) is 0.148. The Morgan fingerprint density at radius 2 is 2.13 bits per heavy atom. The van der Waals surface area contributed by atoms with Crippen LogP contribution >= 0.6 is 36.4 Å². The van der Waals surface area contributed by atoms with Gasteiger partial charge < -0.3 is 11.5 Å². The van der Waals surface area contributed by atoms with Gasteiger partial charge in [0.15, 0.2) is 5.82 Å². The van der Waals surface area contributed by atoms with Gasteiger partial charge in [-0.1, -0.05) is 17.7 Å². The van der Waals surface area contributed by atoms with E-state index in [1.54, 1.807) is 0 Å². The van der Waals surface area contributed by atoms with Gasteiger partial charge in [-0.15, -0.1) is 24.8 Å². The average Bonchev–Trinajstić information content (AvgIpc) is 2.35. The minimum atomic E-state index is 0. The van der Waals surface area contributed by atoms with E-state index in [1.807, 2.05) is 19.1 Å². The number of aromatic nitrogens is 2. The molecular weight excluding hydrogens is 258 g/mol. The molecule has 15 heavy (non-hydrogen) atoms. The number of nitrogens with one attached hydrogen (secondary N) is 1. The van der Waals surface area contributed by atoms with Crippen LogP contribution in [-0.4, -0.2) is 16.2 Å². The molecule has 1 aromatic rings. The second-order valence-corrected chi connectivity index (χ2v) is 3.33. The molecule has 88 valence electrons. The molecule has 0 spiro atoms. The Hall–Kier alpha value is -0.420. The maximum absolute atomic E-state index is 5.82. The summed E-state index contributed by atoms with van der Waals surface area (Å²) < 4.78 is 0. The molecule has 0 fully saturated rings. The third kappa shape index (κ3) is 5.28. The number of H-pyrrole nitrogens is 1. The van der Waals surface area contributed by atoms with Crippen molar-refractivity contribution in [1.82, 2.24) is 10.2 Å². The van der Waals surface area contributed by atoms with Crippen molar-refractivity contribution < 1.29 is 0 Å². The summed E-state index contributed by atoms with van der Waals surface area (Å²) in [5, 5.41) is 6.92. The molecular formula is C8H15Cl3N4. The van der Waals surface area contributed by atoms with Crippen molar-refractivity contribution in [3.8, 4) is 0 Å². The fraction of sp³-hybridized carbons (Fsp3) is 0.375. The van der Waals surface area contributed by atoms with Crippen LogP contribution in [0.25, 0.3) is 6.08 Å². The van der Waals surface area contributed by atoms with E-state index in [1.165, 1.54) is 0 Å². The standard InChI is InChI=1S/C8H13ClN4.2ClH/c1-5(10)3-2-4-6-7(9)8(11)13-12-6;;/h2,4-5H,3,10H2,1H3,(H3,11,12,13);2*1H/b4-2+;;/t5-;;/m0../s1. The number of aromatic amines is 1. The number of halogens is 3. The quantitative estimate of drug-likeness (QED) is 0.790. The maximum Gasteiger partial charge on any atom is 0.164 e. The monoisotopic (exact) mass is 272 g/mol. The van der Waals surface area contributed by atoms with Crippen LogP contribution in [0.15, 0.2) is 6.08 Å². The topological polar surface area (TPSA) is 80.7 Å². The van der Waals surface area contributed by atoms with Crippen molar-refractivity contribution in [1.29, 1.82) is 0 Å². The molecule has 1 rings (SSSR count). The Labute approximate surface area is 106 Å². The molecule has 0 unspecified atom stereocenters. The van der Waals surface area contributed by atoms with E-state index in [0.29, 0.717) is 10.8 Å². The van der Waals surface area contributed by atoms with Gasteiger partial charge in [0.2, 0.25) is 0 Å². The molecule has 4 nitrogen and oxygen atoms in total. The molecule has 1 atom stereocenters. The van der Waals surface area contributed by atoms with Crippen molar-refractivity contribution >= 4 is 48.3 Å². The lowest BCUT2D eigenvalue weighted by molar-refractivity contribution is 0.759. The van der Waals surface area contributed by atoms with Crippen LogP contribution in [-0.2, 0) is 0 Å². The van der Waals surface area contributed by atoms with Crippen molar-refractivity contribution in [2.75, 3.05) is 5.73 Å². The average molecular weight is 274 g/mol. The number of nitrogen functional groups attached to an aromatic ring is 1. The predicted molar refractivity (Wildman–Crippen MR) is 69.8 cm³/mol. The van der Waals surface area contributed by atoms with Gasteiger partial charge in [-0.05, 0) is 19.4 Å². The third-order valence-corrected chi connectivity index (χ3v) is 1.95. The van der Waals surface area contributed by atoms with Crippen LogP contribution in [0, 0.1) is 0 Å². The second kappa shape index (κ2) is 7.82. The van der Waals surface area contributed by atoms with E-state index < -0.39 is 0 Å². The van der Waals surface area contributed by atoms with Crippen molar-refractivity contribution in [3.63, 3.8) is 0 Å². The lowest BCUT2D eigenvalue weighted by Crippen LogP contribution is -2.12. The van der Waals surface area contributed by atoms with Gasteiger partial charge in [0.1, 0.15) is 5.02 Å². The summed E-state index contributed by atoms with van der Waals surface area (Å²) in [7, 11) is 0. The number of anilines is 1. The van der Waals surface area contributed by atoms with E-state index >= 15 is 0 Å². The zero-order chi connectivity index (χ0) is 9.84. The third-order valence-electron chi connectivity index (χ3n) is 1.55. The zero-order valence-electron chi connectivity index (χ0n) is 8.24. The molecule has 0 amide bonds. The Bertz CT molecular complexity index is 309. The van der Waals surface area contributed by atoms with Crippen LogP contribution in [0.1, 0.15) is 19.0 Å². The highest BCUT2D eigenvalue weighted by atomic mass is 35.5. The van der Waals surface area contributed by atoms with Crippen molar-refractivity contribution in [2.45, 2.75) is 19.4 Å². The largest absolute Gasteiger partial charge is 0.381 e. The van der Waals surface area contributed by atoms with E-state index in [0.717, 1.165) is 12.1 Å². The summed E-state index contributed by atoms with van der Waals surface area (Å²) in [5.74, 6) is 0.321. The number of rotatable bonds is 3. The predicted octanol–water partition coefficient (Wildman–Crippen LogP) is 2.24. The molecule has 0 aliphatic heterocycles. The maximum atomic E-state index is 5.82. The molecule has 5 N–H and O–H groups in total. The van der Waals surface area contributed by atoms with E-state index in [2.05, 4.69) is 10.2 Å². The molecule has 0 radical (unpaired) electrons. The Kier molecular flexibility index (Phi) is 8.86.